The third kappa shape index (κ3) is 4.94. The van der Waals surface area contributed by atoms with Gasteiger partial charge in [-0.1, -0.05) is 18.2 Å². The summed E-state index contributed by atoms with van der Waals surface area (Å²) in [5, 5.41) is 5.33. The number of benzene rings is 2. The van der Waals surface area contributed by atoms with Crippen LogP contribution in [-0.4, -0.2) is 78.3 Å². The Morgan fingerprint density at radius 3 is 2.69 bits per heavy atom. The van der Waals surface area contributed by atoms with Crippen molar-refractivity contribution in [2.45, 2.75) is 26.0 Å². The van der Waals surface area contributed by atoms with Gasteiger partial charge in [-0.15, -0.1) is 11.3 Å². The van der Waals surface area contributed by atoms with Gasteiger partial charge in [-0.25, -0.2) is 4.98 Å². The SMILES string of the molecule is CC(C(=O)Nc1ccc2sc3c(-c4cccn5c(=O)cc(N6CCOCC6)nc45)cccc3c2c1)N1CCO[C@@H](C)C1. The molecule has 2 fully saturated rings. The first-order chi connectivity index (χ1) is 20.5. The van der Waals surface area contributed by atoms with Crippen molar-refractivity contribution in [2.75, 3.05) is 56.2 Å². The van der Waals surface area contributed by atoms with Crippen LogP contribution in [0.5, 0.6) is 0 Å². The van der Waals surface area contributed by atoms with E-state index in [1.807, 2.05) is 38.1 Å². The van der Waals surface area contributed by atoms with Crippen LogP contribution in [0.1, 0.15) is 13.8 Å². The normalized spacial score (nSPS) is 19.0. The average Bonchev–Trinajstić information content (AvgIpc) is 3.39. The van der Waals surface area contributed by atoms with Crippen LogP contribution < -0.4 is 15.8 Å². The molecule has 2 aliphatic heterocycles. The number of hydrogen-bond donors (Lipinski definition) is 1. The van der Waals surface area contributed by atoms with Gasteiger partial charge < -0.3 is 19.7 Å². The Labute approximate surface area is 247 Å². The molecule has 0 radical (unpaired) electrons. The van der Waals surface area contributed by atoms with Crippen molar-refractivity contribution in [1.29, 1.82) is 0 Å². The van der Waals surface area contributed by atoms with E-state index in [2.05, 4.69) is 39.4 Å². The van der Waals surface area contributed by atoms with Crippen LogP contribution in [0, 0.1) is 0 Å². The molecule has 10 heteroatoms. The quantitative estimate of drug-likeness (QED) is 0.323. The number of aromatic nitrogens is 2. The summed E-state index contributed by atoms with van der Waals surface area (Å²) < 4.78 is 15.0. The molecule has 0 saturated carbocycles. The highest BCUT2D eigenvalue weighted by molar-refractivity contribution is 7.26. The molecular weight excluding hydrogens is 550 g/mol. The van der Waals surface area contributed by atoms with Crippen LogP contribution in [0.15, 0.2) is 65.6 Å². The van der Waals surface area contributed by atoms with Crippen LogP contribution >= 0.6 is 11.3 Å². The maximum atomic E-state index is 13.2. The van der Waals surface area contributed by atoms with Crippen LogP contribution in [0.4, 0.5) is 11.5 Å². The van der Waals surface area contributed by atoms with E-state index in [0.29, 0.717) is 44.4 Å². The van der Waals surface area contributed by atoms with Gasteiger partial charge in [0.1, 0.15) is 11.5 Å². The molecule has 2 atom stereocenters. The fourth-order valence-electron chi connectivity index (χ4n) is 5.98. The summed E-state index contributed by atoms with van der Waals surface area (Å²) in [5.74, 6) is 0.660. The monoisotopic (exact) mass is 583 g/mol. The molecule has 216 valence electrons. The van der Waals surface area contributed by atoms with E-state index in [1.165, 1.54) is 0 Å². The number of thiophene rings is 1. The van der Waals surface area contributed by atoms with Crippen LogP contribution in [0.25, 0.3) is 36.9 Å². The van der Waals surface area contributed by atoms with Crippen molar-refractivity contribution in [2.24, 2.45) is 0 Å². The van der Waals surface area contributed by atoms with Crippen LogP contribution in [0.2, 0.25) is 0 Å². The molecule has 3 aromatic heterocycles. The van der Waals surface area contributed by atoms with E-state index in [9.17, 15) is 9.59 Å². The first kappa shape index (κ1) is 27.0. The fourth-order valence-corrected chi connectivity index (χ4v) is 7.19. The van der Waals surface area contributed by atoms with Gasteiger partial charge in [0, 0.05) is 75.4 Å². The fraction of sp³-hybridized carbons (Fsp3) is 0.344. The number of nitrogens with zero attached hydrogens (tertiary/aromatic N) is 4. The number of ether oxygens (including phenoxy) is 2. The number of amides is 1. The molecule has 42 heavy (non-hydrogen) atoms. The number of carbonyl (C=O) groups is 1. The number of rotatable bonds is 5. The standard InChI is InChI=1S/C32H33N5O4S/c1-20-19-36(13-16-41-20)21(2)32(39)33-22-8-9-27-26(17-22)24-6-3-5-23(30(24)42-27)25-7-4-10-37-29(38)18-28(34-31(25)37)35-11-14-40-15-12-35/h3-10,17-18,20-21H,11-16,19H2,1-2H3,(H,33,39)/t20-,21?/m0/s1. The highest BCUT2D eigenvalue weighted by Crippen LogP contribution is 2.41. The summed E-state index contributed by atoms with van der Waals surface area (Å²) in [6.45, 7) is 8.79. The van der Waals surface area contributed by atoms with Crippen molar-refractivity contribution in [3.05, 3.63) is 71.1 Å². The summed E-state index contributed by atoms with van der Waals surface area (Å²) >= 11 is 1.71. The van der Waals surface area contributed by atoms with Crippen molar-refractivity contribution >= 4 is 54.6 Å². The molecule has 1 unspecified atom stereocenters. The second-order valence-corrected chi connectivity index (χ2v) is 12.1. The minimum absolute atomic E-state index is 0.0213. The lowest BCUT2D eigenvalue weighted by Crippen LogP contribution is -2.50. The van der Waals surface area contributed by atoms with Gasteiger partial charge >= 0.3 is 0 Å². The van der Waals surface area contributed by atoms with Gasteiger partial charge in [0.2, 0.25) is 5.91 Å². The van der Waals surface area contributed by atoms with Gasteiger partial charge in [-0.3, -0.25) is 18.9 Å². The molecule has 5 aromatic rings. The lowest BCUT2D eigenvalue weighted by atomic mass is 10.0. The molecule has 7 rings (SSSR count). The van der Waals surface area contributed by atoms with Crippen molar-refractivity contribution in [3.63, 3.8) is 0 Å². The summed E-state index contributed by atoms with van der Waals surface area (Å²) in [6.07, 6.45) is 1.90. The number of hydrogen-bond acceptors (Lipinski definition) is 8. The zero-order valence-electron chi connectivity index (χ0n) is 23.7. The Kier molecular flexibility index (Phi) is 7.15. The Hall–Kier alpha value is -3.83. The van der Waals surface area contributed by atoms with E-state index in [-0.39, 0.29) is 23.6 Å². The smallest absolute Gasteiger partial charge is 0.259 e. The number of pyridine rings is 1. The average molecular weight is 584 g/mol. The summed E-state index contributed by atoms with van der Waals surface area (Å²) in [6, 6.07) is 17.7. The Bertz CT molecular complexity index is 1860. The predicted molar refractivity (Wildman–Crippen MR) is 168 cm³/mol. The number of carbonyl (C=O) groups excluding carboxylic acids is 1. The van der Waals surface area contributed by atoms with Crippen LogP contribution in [0.3, 0.4) is 0 Å². The molecule has 2 aliphatic rings. The predicted octanol–water partition coefficient (Wildman–Crippen LogP) is 4.61. The molecule has 0 spiro atoms. The van der Waals surface area contributed by atoms with E-state index < -0.39 is 0 Å². The molecule has 2 aromatic carbocycles. The summed E-state index contributed by atoms with van der Waals surface area (Å²) in [5.41, 5.74) is 3.24. The van der Waals surface area contributed by atoms with E-state index in [0.717, 1.165) is 50.1 Å². The molecule has 5 heterocycles. The maximum absolute atomic E-state index is 13.2. The van der Waals surface area contributed by atoms with Crippen molar-refractivity contribution < 1.29 is 14.3 Å². The second-order valence-electron chi connectivity index (χ2n) is 11.0. The van der Waals surface area contributed by atoms with E-state index in [4.69, 9.17) is 14.5 Å². The van der Waals surface area contributed by atoms with E-state index in [1.54, 1.807) is 28.0 Å². The third-order valence-electron chi connectivity index (χ3n) is 8.27. The van der Waals surface area contributed by atoms with Gasteiger partial charge in [0.05, 0.1) is 32.0 Å². The highest BCUT2D eigenvalue weighted by Gasteiger charge is 2.26. The van der Waals surface area contributed by atoms with Gasteiger partial charge in [0.15, 0.2) is 0 Å². The minimum Gasteiger partial charge on any atom is -0.378 e. The van der Waals surface area contributed by atoms with Gasteiger partial charge in [-0.05, 0) is 44.2 Å². The van der Waals surface area contributed by atoms with Crippen LogP contribution in [-0.2, 0) is 14.3 Å². The zero-order valence-corrected chi connectivity index (χ0v) is 24.5. The lowest BCUT2D eigenvalue weighted by Gasteiger charge is -2.34. The maximum Gasteiger partial charge on any atom is 0.259 e. The second kappa shape index (κ2) is 11.1. The molecule has 2 saturated heterocycles. The van der Waals surface area contributed by atoms with Gasteiger partial charge in [-0.2, -0.15) is 0 Å². The first-order valence-electron chi connectivity index (χ1n) is 14.4. The van der Waals surface area contributed by atoms with Crippen molar-refractivity contribution in [3.8, 4) is 11.1 Å². The lowest BCUT2D eigenvalue weighted by molar-refractivity contribution is -0.123. The molecule has 0 aliphatic carbocycles. The Morgan fingerprint density at radius 2 is 1.86 bits per heavy atom. The molecule has 1 N–H and O–H groups in total. The number of anilines is 2. The number of morpholine rings is 2. The largest absolute Gasteiger partial charge is 0.378 e. The minimum atomic E-state index is -0.248. The Balaban J connectivity index is 1.26. The molecule has 1 amide bonds. The molecular formula is C32H33N5O4S. The number of fused-ring (bicyclic) bond motifs is 4. The summed E-state index contributed by atoms with van der Waals surface area (Å²) in [7, 11) is 0. The third-order valence-corrected chi connectivity index (χ3v) is 9.49. The first-order valence-corrected chi connectivity index (χ1v) is 15.3. The van der Waals surface area contributed by atoms with Gasteiger partial charge in [0.25, 0.3) is 5.56 Å². The van der Waals surface area contributed by atoms with Crippen molar-refractivity contribution in [1.82, 2.24) is 14.3 Å². The number of nitrogens with one attached hydrogen (secondary N) is 1. The van der Waals surface area contributed by atoms with E-state index >= 15 is 0 Å². The highest BCUT2D eigenvalue weighted by atomic mass is 32.1. The zero-order chi connectivity index (χ0) is 28.8. The topological polar surface area (TPSA) is 88.4 Å². The molecule has 0 bridgehead atoms. The Morgan fingerprint density at radius 1 is 1.02 bits per heavy atom. The molecule has 9 nitrogen and oxygen atoms in total. The summed E-state index contributed by atoms with van der Waals surface area (Å²) in [4.78, 5) is 35.6.